The summed E-state index contributed by atoms with van der Waals surface area (Å²) in [5.41, 5.74) is 1.35. The molecule has 0 bridgehead atoms. The average Bonchev–Trinajstić information content (AvgIpc) is 3.14. The predicted molar refractivity (Wildman–Crippen MR) is 125 cm³/mol. The highest BCUT2D eigenvalue weighted by atomic mass is 19.4. The van der Waals surface area contributed by atoms with Crippen molar-refractivity contribution in [2.24, 2.45) is 0 Å². The molecule has 4 rings (SSSR count). The van der Waals surface area contributed by atoms with E-state index in [9.17, 15) is 23.1 Å². The van der Waals surface area contributed by atoms with E-state index < -0.39 is 18.3 Å². The second-order valence-corrected chi connectivity index (χ2v) is 8.49. The van der Waals surface area contributed by atoms with Gasteiger partial charge in [-0.1, -0.05) is 18.2 Å². The number of β-amino-alcohol motifs (C(OH)–C–C–N with tert-alkyl or cyclic N) is 1. The van der Waals surface area contributed by atoms with E-state index >= 15 is 0 Å². The summed E-state index contributed by atoms with van der Waals surface area (Å²) in [7, 11) is 0. The summed E-state index contributed by atoms with van der Waals surface area (Å²) in [6, 6.07) is 8.68. The van der Waals surface area contributed by atoms with E-state index in [2.05, 4.69) is 10.3 Å². The van der Waals surface area contributed by atoms with Crippen molar-refractivity contribution in [3.63, 3.8) is 0 Å². The van der Waals surface area contributed by atoms with Crippen LogP contribution >= 0.6 is 0 Å². The number of rotatable bonds is 5. The minimum Gasteiger partial charge on any atom is -0.464 e. The molecule has 188 valence electrons. The van der Waals surface area contributed by atoms with E-state index in [-0.39, 0.29) is 17.0 Å². The van der Waals surface area contributed by atoms with Crippen LogP contribution in [0.4, 0.5) is 18.9 Å². The van der Waals surface area contributed by atoms with Crippen LogP contribution in [0.5, 0.6) is 0 Å². The number of ether oxygens (including phenoxy) is 1. The molecule has 3 aromatic rings. The first kappa shape index (κ1) is 26.2. The zero-order valence-electron chi connectivity index (χ0n) is 19.4. The lowest BCUT2D eigenvalue weighted by atomic mass is 10.0. The summed E-state index contributed by atoms with van der Waals surface area (Å²) in [6.45, 7) is 3.90. The summed E-state index contributed by atoms with van der Waals surface area (Å²) in [6.07, 6.45) is -0.777. The number of pyridine rings is 1. The second-order valence-electron chi connectivity index (χ2n) is 8.49. The van der Waals surface area contributed by atoms with E-state index in [0.29, 0.717) is 43.1 Å². The fourth-order valence-electron chi connectivity index (χ4n) is 3.54. The van der Waals surface area contributed by atoms with Crippen LogP contribution in [0.15, 0.2) is 47.2 Å². The summed E-state index contributed by atoms with van der Waals surface area (Å²) < 4.78 is 48.0. The van der Waals surface area contributed by atoms with Gasteiger partial charge >= 0.3 is 6.18 Å². The molecule has 1 saturated heterocycles. The minimum atomic E-state index is -4.35. The maximum absolute atomic E-state index is 12.5. The molecule has 1 fully saturated rings. The number of para-hydroxylation sites is 1. The number of aryl methyl sites for hydroxylation is 1. The normalized spacial score (nSPS) is 18.4. The maximum atomic E-state index is 12.5. The lowest BCUT2D eigenvalue weighted by Gasteiger charge is -2.23. The molecule has 11 heteroatoms. The number of aromatic nitrogens is 1. The van der Waals surface area contributed by atoms with Crippen molar-refractivity contribution >= 4 is 28.8 Å². The zero-order chi connectivity index (χ0) is 25.6. The van der Waals surface area contributed by atoms with Crippen molar-refractivity contribution in [1.82, 2.24) is 9.88 Å². The Morgan fingerprint density at radius 2 is 2.09 bits per heavy atom. The van der Waals surface area contributed by atoms with Gasteiger partial charge in [0.05, 0.1) is 25.5 Å². The van der Waals surface area contributed by atoms with Crippen LogP contribution in [0, 0.1) is 12.3 Å². The fourth-order valence-corrected chi connectivity index (χ4v) is 3.54. The number of aliphatic hydroxyl groups is 1. The topological polar surface area (TPSA) is 112 Å². The molecule has 1 aliphatic heterocycles. The molecule has 35 heavy (non-hydrogen) atoms. The number of benzene rings is 1. The molecule has 1 amide bonds. The van der Waals surface area contributed by atoms with Gasteiger partial charge in [0.15, 0.2) is 0 Å². The Kier molecular flexibility index (Phi) is 8.13. The maximum Gasteiger partial charge on any atom is 0.405 e. The van der Waals surface area contributed by atoms with E-state index in [1.807, 2.05) is 12.1 Å². The molecular weight excluding hydrogens is 465 g/mol. The van der Waals surface area contributed by atoms with Gasteiger partial charge in [-0.2, -0.15) is 13.2 Å². The van der Waals surface area contributed by atoms with Crippen LogP contribution in [0.25, 0.3) is 11.0 Å². The Labute approximate surface area is 200 Å². The van der Waals surface area contributed by atoms with Gasteiger partial charge in [-0.15, -0.1) is 0 Å². The molecule has 1 atom stereocenters. The number of nitrogens with zero attached hydrogens (tertiary/aromatic N) is 2. The van der Waals surface area contributed by atoms with Gasteiger partial charge in [-0.3, -0.25) is 15.2 Å². The number of hydrogen-bond acceptors (Lipinski definition) is 7. The number of hydrogen-bond donors (Lipinski definition) is 3. The quantitative estimate of drug-likeness (QED) is 0.370. The van der Waals surface area contributed by atoms with Crippen LogP contribution in [-0.2, 0) is 9.53 Å². The summed E-state index contributed by atoms with van der Waals surface area (Å²) in [4.78, 5) is 16.0. The van der Waals surface area contributed by atoms with Gasteiger partial charge in [0, 0.05) is 40.6 Å². The predicted octanol–water partition coefficient (Wildman–Crippen LogP) is 3.75. The molecule has 1 aromatic carbocycles. The lowest BCUT2D eigenvalue weighted by Crippen LogP contribution is -2.41. The standard InChI is InChI=1S/C17H14F3N3O.C7H13NO3/c1-10-6-14(23-9-17(18,19)20)12(7-22-10)16(21)13-8-24-15-5-3-2-4-11(13)15;1-7(10)4-8(6-9)2-3-11-5-7/h2-8,21H,9H2,1H3,(H,22,23);6,10H,2-5H2,1H3. The average molecular weight is 492 g/mol. The molecule has 0 saturated carbocycles. The van der Waals surface area contributed by atoms with Crippen molar-refractivity contribution in [3.8, 4) is 0 Å². The Morgan fingerprint density at radius 1 is 1.34 bits per heavy atom. The van der Waals surface area contributed by atoms with Crippen molar-refractivity contribution in [3.05, 3.63) is 59.6 Å². The lowest BCUT2D eigenvalue weighted by molar-refractivity contribution is -0.120. The number of amides is 1. The largest absolute Gasteiger partial charge is 0.464 e. The first-order valence-electron chi connectivity index (χ1n) is 10.8. The molecule has 1 aliphatic rings. The first-order valence-corrected chi connectivity index (χ1v) is 10.8. The van der Waals surface area contributed by atoms with Gasteiger partial charge in [0.25, 0.3) is 0 Å². The highest BCUT2D eigenvalue weighted by Gasteiger charge is 2.28. The molecule has 8 nitrogen and oxygen atoms in total. The Hall–Kier alpha value is -3.44. The zero-order valence-corrected chi connectivity index (χ0v) is 19.4. The monoisotopic (exact) mass is 492 g/mol. The first-order chi connectivity index (χ1) is 16.5. The van der Waals surface area contributed by atoms with Crippen LogP contribution in [0.2, 0.25) is 0 Å². The molecule has 1 unspecified atom stereocenters. The molecule has 0 spiro atoms. The van der Waals surface area contributed by atoms with Crippen molar-refractivity contribution in [2.45, 2.75) is 25.6 Å². The number of fused-ring (bicyclic) bond motifs is 1. The Bertz CT molecular complexity index is 1180. The molecule has 0 aliphatic carbocycles. The number of furan rings is 1. The van der Waals surface area contributed by atoms with Gasteiger partial charge in [0.1, 0.15) is 24.0 Å². The molecular formula is C24H27F3N4O4. The van der Waals surface area contributed by atoms with Crippen molar-refractivity contribution in [1.29, 1.82) is 5.41 Å². The van der Waals surface area contributed by atoms with Crippen LogP contribution < -0.4 is 5.32 Å². The molecule has 0 radical (unpaired) electrons. The Balaban J connectivity index is 0.000000261. The van der Waals surface area contributed by atoms with Crippen LogP contribution in [0.1, 0.15) is 23.7 Å². The number of carbonyl (C=O) groups excluding carboxylic acids is 1. The van der Waals surface area contributed by atoms with E-state index in [0.717, 1.165) is 11.8 Å². The van der Waals surface area contributed by atoms with Crippen molar-refractivity contribution < 1.29 is 32.2 Å². The molecule has 3 N–H and O–H groups in total. The third kappa shape index (κ3) is 7.27. The van der Waals surface area contributed by atoms with Crippen molar-refractivity contribution in [2.75, 3.05) is 38.2 Å². The van der Waals surface area contributed by atoms with E-state index in [4.69, 9.17) is 14.6 Å². The number of carbonyl (C=O) groups is 1. The van der Waals surface area contributed by atoms with E-state index in [1.165, 1.54) is 23.4 Å². The van der Waals surface area contributed by atoms with Gasteiger partial charge in [-0.05, 0) is 26.0 Å². The number of alkyl halides is 3. The number of nitrogens with one attached hydrogen (secondary N) is 2. The summed E-state index contributed by atoms with van der Waals surface area (Å²) in [5, 5.41) is 21.0. The third-order valence-electron chi connectivity index (χ3n) is 5.17. The highest BCUT2D eigenvalue weighted by molar-refractivity contribution is 6.19. The van der Waals surface area contributed by atoms with Crippen LogP contribution in [-0.4, -0.2) is 71.7 Å². The van der Waals surface area contributed by atoms with Crippen LogP contribution in [0.3, 0.4) is 0 Å². The summed E-state index contributed by atoms with van der Waals surface area (Å²) in [5.74, 6) is 0. The van der Waals surface area contributed by atoms with Gasteiger partial charge in [0.2, 0.25) is 6.41 Å². The smallest absolute Gasteiger partial charge is 0.405 e. The third-order valence-corrected chi connectivity index (χ3v) is 5.17. The minimum absolute atomic E-state index is 0.0529. The Morgan fingerprint density at radius 3 is 2.80 bits per heavy atom. The molecule has 2 aromatic heterocycles. The SMILES string of the molecule is CC1(O)COCCN(C=O)C1.Cc1cc(NCC(F)(F)F)c(C(=N)c2coc3ccccc23)cn1. The molecule has 3 heterocycles. The number of anilines is 1. The summed E-state index contributed by atoms with van der Waals surface area (Å²) >= 11 is 0. The fraction of sp³-hybridized carbons (Fsp3) is 0.375. The van der Waals surface area contributed by atoms with Gasteiger partial charge in [-0.25, -0.2) is 0 Å². The second kappa shape index (κ2) is 10.9. The van der Waals surface area contributed by atoms with E-state index in [1.54, 1.807) is 26.0 Å². The number of halogens is 3. The van der Waals surface area contributed by atoms with Gasteiger partial charge < -0.3 is 24.5 Å². The highest BCUT2D eigenvalue weighted by Crippen LogP contribution is 2.27.